The second-order valence-electron chi connectivity index (χ2n) is 6.25. The summed E-state index contributed by atoms with van der Waals surface area (Å²) in [4.78, 5) is 29.1. The van der Waals surface area contributed by atoms with E-state index in [-0.39, 0.29) is 22.3 Å². The number of fused-ring (bicyclic) bond motifs is 3. The maximum atomic E-state index is 13.4. The van der Waals surface area contributed by atoms with E-state index in [9.17, 15) is 22.8 Å². The van der Waals surface area contributed by atoms with Gasteiger partial charge in [0.2, 0.25) is 0 Å². The van der Waals surface area contributed by atoms with E-state index in [0.717, 1.165) is 10.6 Å². The number of rotatable bonds is 2. The summed E-state index contributed by atoms with van der Waals surface area (Å²) in [6.45, 7) is 1.59. The summed E-state index contributed by atoms with van der Waals surface area (Å²) in [6, 6.07) is 6.25. The first-order chi connectivity index (χ1) is 13.7. The Morgan fingerprint density at radius 3 is 2.59 bits per heavy atom. The first kappa shape index (κ1) is 18.7. The van der Waals surface area contributed by atoms with Crippen molar-refractivity contribution in [2.45, 2.75) is 13.1 Å². The number of aromatic nitrogens is 4. The van der Waals surface area contributed by atoms with Crippen molar-refractivity contribution in [1.82, 2.24) is 19.2 Å². The maximum absolute atomic E-state index is 13.4. The molecule has 1 aromatic carbocycles. The highest BCUT2D eigenvalue weighted by atomic mass is 19.4. The lowest BCUT2D eigenvalue weighted by Gasteiger charge is -2.14. The van der Waals surface area contributed by atoms with Crippen molar-refractivity contribution in [2.24, 2.45) is 0 Å². The Bertz CT molecular complexity index is 1340. The minimum absolute atomic E-state index is 0.0518. The molecule has 7 nitrogen and oxygen atoms in total. The third-order valence-electron chi connectivity index (χ3n) is 4.55. The van der Waals surface area contributed by atoms with Gasteiger partial charge in [0.25, 0.3) is 5.56 Å². The molecule has 0 amide bonds. The van der Waals surface area contributed by atoms with Gasteiger partial charge in [-0.15, -0.1) is 0 Å². The Kier molecular flexibility index (Phi) is 4.14. The summed E-state index contributed by atoms with van der Waals surface area (Å²) in [6.07, 6.45) is -2.17. The zero-order valence-corrected chi connectivity index (χ0v) is 15.2. The predicted octanol–water partition coefficient (Wildman–Crippen LogP) is 3.15. The lowest BCUT2D eigenvalue weighted by Crippen LogP contribution is -2.22. The van der Waals surface area contributed by atoms with Crippen LogP contribution in [0.2, 0.25) is 0 Å². The normalized spacial score (nSPS) is 11.9. The van der Waals surface area contributed by atoms with Crippen LogP contribution in [0.25, 0.3) is 22.2 Å². The van der Waals surface area contributed by atoms with Crippen LogP contribution in [0.1, 0.15) is 21.6 Å². The molecule has 148 valence electrons. The number of aryl methyl sites for hydroxylation is 1. The average Bonchev–Trinajstić information content (AvgIpc) is 3.03. The molecule has 0 bridgehead atoms. The number of halogens is 3. The number of carbonyl (C=O) groups excluding carboxylic acids is 1. The zero-order chi connectivity index (χ0) is 20.9. The monoisotopic (exact) mass is 402 g/mol. The molecule has 29 heavy (non-hydrogen) atoms. The van der Waals surface area contributed by atoms with Crippen LogP contribution in [0.5, 0.6) is 0 Å². The minimum Gasteiger partial charge on any atom is -0.465 e. The van der Waals surface area contributed by atoms with Gasteiger partial charge in [-0.05, 0) is 25.1 Å². The quantitative estimate of drug-likeness (QED) is 0.482. The van der Waals surface area contributed by atoms with E-state index in [4.69, 9.17) is 4.74 Å². The molecule has 0 spiro atoms. The van der Waals surface area contributed by atoms with Crippen molar-refractivity contribution in [1.29, 1.82) is 0 Å². The fourth-order valence-electron chi connectivity index (χ4n) is 3.23. The second kappa shape index (κ2) is 6.43. The fourth-order valence-corrected chi connectivity index (χ4v) is 3.23. The minimum atomic E-state index is -4.62. The third kappa shape index (κ3) is 2.84. The number of ether oxygens (including phenoxy) is 1. The molecule has 4 rings (SSSR count). The molecule has 0 N–H and O–H groups in total. The van der Waals surface area contributed by atoms with Crippen molar-refractivity contribution >= 4 is 22.5 Å². The molecule has 0 fully saturated rings. The Labute approximate surface area is 161 Å². The molecule has 3 aromatic heterocycles. The lowest BCUT2D eigenvalue weighted by molar-refractivity contribution is -0.137. The molecule has 0 aliphatic rings. The predicted molar refractivity (Wildman–Crippen MR) is 97.2 cm³/mol. The van der Waals surface area contributed by atoms with Gasteiger partial charge < -0.3 is 4.74 Å². The van der Waals surface area contributed by atoms with Crippen molar-refractivity contribution in [2.75, 3.05) is 7.11 Å². The first-order valence-corrected chi connectivity index (χ1v) is 8.38. The largest absolute Gasteiger partial charge is 0.465 e. The molecular formula is C19H13F3N4O3. The van der Waals surface area contributed by atoms with Gasteiger partial charge in [0.05, 0.1) is 35.0 Å². The van der Waals surface area contributed by atoms with Gasteiger partial charge >= 0.3 is 12.1 Å². The molecule has 10 heteroatoms. The standard InChI is InChI=1S/C19H13F3N4O3/c1-10-15(18(28)29-2)16-23-9-11-13(26(16)24-10)7-8-25(17(11)27)14-6-4-3-5-12(14)19(20,21)22/h3-9H,1-2H3. The molecule has 0 unspecified atom stereocenters. The molecule has 0 aliphatic heterocycles. The SMILES string of the molecule is COC(=O)c1c(C)nn2c1ncc1c(=O)n(-c3ccccc3C(F)(F)F)ccc12. The van der Waals surface area contributed by atoms with Crippen molar-refractivity contribution < 1.29 is 22.7 Å². The van der Waals surface area contributed by atoms with E-state index in [2.05, 4.69) is 10.1 Å². The van der Waals surface area contributed by atoms with Gasteiger partial charge in [-0.2, -0.15) is 18.3 Å². The van der Waals surface area contributed by atoms with Crippen LogP contribution in [0.15, 0.2) is 47.5 Å². The number of benzene rings is 1. The summed E-state index contributed by atoms with van der Waals surface area (Å²) >= 11 is 0. The van der Waals surface area contributed by atoms with E-state index in [1.165, 1.54) is 48.3 Å². The van der Waals surface area contributed by atoms with Crippen molar-refractivity contribution in [3.8, 4) is 5.69 Å². The van der Waals surface area contributed by atoms with Crippen LogP contribution in [0, 0.1) is 6.92 Å². The number of para-hydroxylation sites is 1. The molecule has 0 radical (unpaired) electrons. The van der Waals surface area contributed by atoms with Crippen molar-refractivity contribution in [3.05, 3.63) is 69.9 Å². The van der Waals surface area contributed by atoms with E-state index >= 15 is 0 Å². The maximum Gasteiger partial charge on any atom is 0.418 e. The van der Waals surface area contributed by atoms with Crippen LogP contribution in [-0.4, -0.2) is 32.2 Å². The van der Waals surface area contributed by atoms with Gasteiger partial charge in [-0.1, -0.05) is 12.1 Å². The molecule has 0 aliphatic carbocycles. The van der Waals surface area contributed by atoms with E-state index in [1.54, 1.807) is 6.92 Å². The summed E-state index contributed by atoms with van der Waals surface area (Å²) in [5.41, 5.74) is -0.920. The van der Waals surface area contributed by atoms with Crippen molar-refractivity contribution in [3.63, 3.8) is 0 Å². The van der Waals surface area contributed by atoms with Crippen LogP contribution in [0.4, 0.5) is 13.2 Å². The number of hydrogen-bond acceptors (Lipinski definition) is 5. The van der Waals surface area contributed by atoms with Gasteiger partial charge in [0, 0.05) is 12.4 Å². The Balaban J connectivity index is 2.01. The number of alkyl halides is 3. The number of esters is 1. The Morgan fingerprint density at radius 1 is 1.17 bits per heavy atom. The molecule has 3 heterocycles. The van der Waals surface area contributed by atoms with E-state index < -0.39 is 23.3 Å². The number of hydrogen-bond donors (Lipinski definition) is 0. The molecule has 0 saturated carbocycles. The second-order valence-corrected chi connectivity index (χ2v) is 6.25. The summed E-state index contributed by atoms with van der Waals surface area (Å²) in [7, 11) is 1.23. The van der Waals surface area contributed by atoms with Gasteiger partial charge in [-0.3, -0.25) is 9.36 Å². The van der Waals surface area contributed by atoms with Gasteiger partial charge in [-0.25, -0.2) is 14.3 Å². The number of methoxy groups -OCH3 is 1. The zero-order valence-electron chi connectivity index (χ0n) is 15.2. The number of nitrogens with zero attached hydrogens (tertiary/aromatic N) is 4. The first-order valence-electron chi connectivity index (χ1n) is 8.38. The van der Waals surface area contributed by atoms with Crippen LogP contribution < -0.4 is 5.56 Å². The highest BCUT2D eigenvalue weighted by Crippen LogP contribution is 2.33. The molecule has 4 aromatic rings. The molecule has 0 atom stereocenters. The summed E-state index contributed by atoms with van der Waals surface area (Å²) in [5.74, 6) is -0.628. The Morgan fingerprint density at radius 2 is 1.90 bits per heavy atom. The van der Waals surface area contributed by atoms with E-state index in [0.29, 0.717) is 11.2 Å². The van der Waals surface area contributed by atoms with Crippen LogP contribution in [-0.2, 0) is 10.9 Å². The highest BCUT2D eigenvalue weighted by Gasteiger charge is 2.34. The smallest absolute Gasteiger partial charge is 0.418 e. The topological polar surface area (TPSA) is 78.5 Å². The number of carbonyl (C=O) groups is 1. The molecule has 0 saturated heterocycles. The van der Waals surface area contributed by atoms with Gasteiger partial charge in [0.1, 0.15) is 5.56 Å². The Hall–Kier alpha value is -3.69. The van der Waals surface area contributed by atoms with E-state index in [1.807, 2.05) is 0 Å². The highest BCUT2D eigenvalue weighted by molar-refractivity contribution is 5.98. The summed E-state index contributed by atoms with van der Waals surface area (Å²) < 4.78 is 47.0. The third-order valence-corrected chi connectivity index (χ3v) is 4.55. The molecular weight excluding hydrogens is 389 g/mol. The van der Waals surface area contributed by atoms with Gasteiger partial charge in [0.15, 0.2) is 5.65 Å². The fraction of sp³-hybridized carbons (Fsp3) is 0.158. The number of pyridine rings is 1. The lowest BCUT2D eigenvalue weighted by atomic mass is 10.1. The summed E-state index contributed by atoms with van der Waals surface area (Å²) in [5, 5.41) is 4.29. The average molecular weight is 402 g/mol. The van der Waals surface area contributed by atoms with Crippen LogP contribution in [0.3, 0.4) is 0 Å². The van der Waals surface area contributed by atoms with Crippen LogP contribution >= 0.6 is 0 Å².